The van der Waals surface area contributed by atoms with Gasteiger partial charge in [-0.2, -0.15) is 0 Å². The summed E-state index contributed by atoms with van der Waals surface area (Å²) in [4.78, 5) is 52.4. The Bertz CT molecular complexity index is 1090. The summed E-state index contributed by atoms with van der Waals surface area (Å²) in [5.41, 5.74) is 0.245. The van der Waals surface area contributed by atoms with Crippen LogP contribution in [0.25, 0.3) is 0 Å². The number of ketones is 1. The summed E-state index contributed by atoms with van der Waals surface area (Å²) in [5, 5.41) is 9.29. The van der Waals surface area contributed by atoms with Crippen molar-refractivity contribution in [3.63, 3.8) is 0 Å². The van der Waals surface area contributed by atoms with Crippen LogP contribution in [0.3, 0.4) is 0 Å². The predicted octanol–water partition coefficient (Wildman–Crippen LogP) is 2.64. The predicted molar refractivity (Wildman–Crippen MR) is 113 cm³/mol. The molecule has 1 aliphatic heterocycles. The average Bonchev–Trinajstić information content (AvgIpc) is 3.65. The lowest BCUT2D eigenvalue weighted by Crippen LogP contribution is -2.51. The van der Waals surface area contributed by atoms with E-state index in [0.717, 1.165) is 18.9 Å². The normalized spacial score (nSPS) is 16.0. The molecular formula is C24H23FN2O5. The van der Waals surface area contributed by atoms with Gasteiger partial charge in [0.15, 0.2) is 5.78 Å². The number of benzene rings is 2. The zero-order chi connectivity index (χ0) is 22.8. The maximum absolute atomic E-state index is 14.4. The van der Waals surface area contributed by atoms with Crippen molar-refractivity contribution in [2.24, 2.45) is 5.92 Å². The second-order valence-corrected chi connectivity index (χ2v) is 8.16. The van der Waals surface area contributed by atoms with Crippen molar-refractivity contribution in [1.82, 2.24) is 9.80 Å². The van der Waals surface area contributed by atoms with E-state index < -0.39 is 23.5 Å². The van der Waals surface area contributed by atoms with Crippen molar-refractivity contribution in [3.05, 3.63) is 70.5 Å². The number of halogens is 1. The van der Waals surface area contributed by atoms with Gasteiger partial charge in [0.2, 0.25) is 5.91 Å². The van der Waals surface area contributed by atoms with Gasteiger partial charge in [-0.05, 0) is 36.6 Å². The lowest BCUT2D eigenvalue weighted by atomic mass is 9.97. The quantitative estimate of drug-likeness (QED) is 0.700. The standard InChI is InChI=1S/C24H23FN2O5/c25-20-8-5-15(14-21(28)17-3-1-2-4-18(17)24(31)32)13-19(20)23(30)27-11-9-26(10-12-27)22(29)16-6-7-16/h1-5,8,13,16H,6-7,9-12,14H2,(H,31,32). The van der Waals surface area contributed by atoms with Gasteiger partial charge in [0, 0.05) is 44.1 Å². The van der Waals surface area contributed by atoms with Gasteiger partial charge >= 0.3 is 5.97 Å². The highest BCUT2D eigenvalue weighted by molar-refractivity contribution is 6.06. The van der Waals surface area contributed by atoms with Gasteiger partial charge in [-0.15, -0.1) is 0 Å². The first-order valence-corrected chi connectivity index (χ1v) is 10.6. The van der Waals surface area contributed by atoms with Crippen molar-refractivity contribution in [2.75, 3.05) is 26.2 Å². The van der Waals surface area contributed by atoms with Gasteiger partial charge in [0.1, 0.15) is 5.82 Å². The molecule has 1 saturated carbocycles. The van der Waals surface area contributed by atoms with Crippen molar-refractivity contribution < 1.29 is 28.7 Å². The van der Waals surface area contributed by atoms with E-state index in [4.69, 9.17) is 0 Å². The Labute approximate surface area is 184 Å². The Hall–Kier alpha value is -3.55. The van der Waals surface area contributed by atoms with Crippen molar-refractivity contribution >= 4 is 23.6 Å². The van der Waals surface area contributed by atoms with E-state index in [-0.39, 0.29) is 34.9 Å². The Kier molecular flexibility index (Phi) is 6.03. The molecule has 2 aliphatic rings. The lowest BCUT2D eigenvalue weighted by molar-refractivity contribution is -0.134. The highest BCUT2D eigenvalue weighted by Crippen LogP contribution is 2.31. The minimum Gasteiger partial charge on any atom is -0.478 e. The zero-order valence-electron chi connectivity index (χ0n) is 17.4. The van der Waals surface area contributed by atoms with Crippen LogP contribution < -0.4 is 0 Å². The van der Waals surface area contributed by atoms with E-state index in [1.165, 1.54) is 35.2 Å². The lowest BCUT2D eigenvalue weighted by Gasteiger charge is -2.35. The van der Waals surface area contributed by atoms with Crippen molar-refractivity contribution in [3.8, 4) is 0 Å². The molecule has 2 aromatic carbocycles. The number of amides is 2. The number of nitrogens with zero attached hydrogens (tertiary/aromatic N) is 2. The molecule has 0 bridgehead atoms. The molecule has 166 valence electrons. The Morgan fingerprint density at radius 3 is 2.12 bits per heavy atom. The summed E-state index contributed by atoms with van der Waals surface area (Å²) in [6, 6.07) is 9.80. The van der Waals surface area contributed by atoms with E-state index in [1.807, 2.05) is 0 Å². The van der Waals surface area contributed by atoms with Crippen LogP contribution in [-0.2, 0) is 11.2 Å². The summed E-state index contributed by atoms with van der Waals surface area (Å²) in [5.74, 6) is -2.56. The molecular weight excluding hydrogens is 415 g/mol. The number of carbonyl (C=O) groups excluding carboxylic acids is 3. The number of hydrogen-bond donors (Lipinski definition) is 1. The van der Waals surface area contributed by atoms with Crippen molar-refractivity contribution in [1.29, 1.82) is 0 Å². The third kappa shape index (κ3) is 4.54. The van der Waals surface area contributed by atoms with Gasteiger partial charge in [0.05, 0.1) is 11.1 Å². The Balaban J connectivity index is 1.46. The van der Waals surface area contributed by atoms with Crippen LogP contribution in [-0.4, -0.2) is 64.7 Å². The molecule has 1 aliphatic carbocycles. The molecule has 0 aromatic heterocycles. The third-order valence-corrected chi connectivity index (χ3v) is 5.89. The van der Waals surface area contributed by atoms with Crippen molar-refractivity contribution in [2.45, 2.75) is 19.3 Å². The van der Waals surface area contributed by atoms with Crippen LogP contribution in [0.4, 0.5) is 4.39 Å². The second kappa shape index (κ2) is 8.90. The van der Waals surface area contributed by atoms with Crippen LogP contribution in [0.5, 0.6) is 0 Å². The van der Waals surface area contributed by atoms with Gasteiger partial charge < -0.3 is 14.9 Å². The highest BCUT2D eigenvalue weighted by Gasteiger charge is 2.35. The first-order chi connectivity index (χ1) is 15.3. The summed E-state index contributed by atoms with van der Waals surface area (Å²) in [7, 11) is 0. The number of aromatic carboxylic acids is 1. The molecule has 1 heterocycles. The summed E-state index contributed by atoms with van der Waals surface area (Å²) in [6.45, 7) is 1.50. The number of carbonyl (C=O) groups is 4. The van der Waals surface area contributed by atoms with E-state index in [0.29, 0.717) is 31.7 Å². The molecule has 0 unspecified atom stereocenters. The number of Topliss-reactive ketones (excluding diaryl/α,β-unsaturated/α-hetero) is 1. The molecule has 0 spiro atoms. The molecule has 1 N–H and O–H groups in total. The fourth-order valence-corrected chi connectivity index (χ4v) is 3.93. The summed E-state index contributed by atoms with van der Waals surface area (Å²) >= 11 is 0. The van der Waals surface area contributed by atoms with Crippen LogP contribution in [0, 0.1) is 11.7 Å². The van der Waals surface area contributed by atoms with Gasteiger partial charge in [-0.1, -0.05) is 24.3 Å². The third-order valence-electron chi connectivity index (χ3n) is 5.89. The molecule has 8 heteroatoms. The number of carboxylic acids is 1. The molecule has 4 rings (SSSR count). The van der Waals surface area contributed by atoms with E-state index in [9.17, 15) is 28.7 Å². The topological polar surface area (TPSA) is 95.0 Å². The van der Waals surface area contributed by atoms with Crippen LogP contribution in [0.15, 0.2) is 42.5 Å². The molecule has 2 aromatic rings. The van der Waals surface area contributed by atoms with Gasteiger partial charge in [-0.25, -0.2) is 9.18 Å². The molecule has 0 atom stereocenters. The van der Waals surface area contributed by atoms with E-state index >= 15 is 0 Å². The number of rotatable bonds is 6. The van der Waals surface area contributed by atoms with Crippen LogP contribution >= 0.6 is 0 Å². The summed E-state index contributed by atoms with van der Waals surface area (Å²) < 4.78 is 14.4. The van der Waals surface area contributed by atoms with E-state index in [1.54, 1.807) is 11.0 Å². The number of hydrogen-bond acceptors (Lipinski definition) is 4. The molecule has 2 amide bonds. The smallest absolute Gasteiger partial charge is 0.336 e. The first-order valence-electron chi connectivity index (χ1n) is 10.6. The average molecular weight is 438 g/mol. The minimum atomic E-state index is -1.21. The number of carboxylic acid groups (broad SMARTS) is 1. The SMILES string of the molecule is O=C(O)c1ccccc1C(=O)Cc1ccc(F)c(C(=O)N2CCN(C(=O)C3CC3)CC2)c1. The fraction of sp³-hybridized carbons (Fsp3) is 0.333. The maximum Gasteiger partial charge on any atom is 0.336 e. The van der Waals surface area contributed by atoms with Crippen LogP contribution in [0.2, 0.25) is 0 Å². The molecule has 2 fully saturated rings. The monoisotopic (exact) mass is 438 g/mol. The Morgan fingerprint density at radius 2 is 1.50 bits per heavy atom. The largest absolute Gasteiger partial charge is 0.478 e. The second-order valence-electron chi connectivity index (χ2n) is 8.16. The van der Waals surface area contributed by atoms with Crippen LogP contribution in [0.1, 0.15) is 49.5 Å². The number of piperazine rings is 1. The fourth-order valence-electron chi connectivity index (χ4n) is 3.93. The molecule has 7 nitrogen and oxygen atoms in total. The summed E-state index contributed by atoms with van der Waals surface area (Å²) in [6.07, 6.45) is 1.69. The Morgan fingerprint density at radius 1 is 0.875 bits per heavy atom. The zero-order valence-corrected chi connectivity index (χ0v) is 17.4. The molecule has 1 saturated heterocycles. The molecule has 0 radical (unpaired) electrons. The molecule has 32 heavy (non-hydrogen) atoms. The first kappa shape index (κ1) is 21.7. The minimum absolute atomic E-state index is 0.0636. The van der Waals surface area contributed by atoms with E-state index in [2.05, 4.69) is 0 Å². The van der Waals surface area contributed by atoms with Gasteiger partial charge in [-0.3, -0.25) is 14.4 Å². The van der Waals surface area contributed by atoms with Gasteiger partial charge in [0.25, 0.3) is 5.91 Å². The maximum atomic E-state index is 14.4. The highest BCUT2D eigenvalue weighted by atomic mass is 19.1.